The minimum Gasteiger partial charge on any atom is -0.377 e. The van der Waals surface area contributed by atoms with Gasteiger partial charge in [0.05, 0.1) is 49.7 Å². The SMILES string of the molecule is CC(C)NCCCC(=O)CCC(=O)N1C[C@H](OC(C)C)C[C@H]1COP(=O)(O)O[C@@H]1C[C@@H](COC(C)C)N(C(=O)CCCSSCCC(=O)C(C)C)C1. The molecule has 0 saturated carbocycles. The molecule has 0 aromatic rings. The summed E-state index contributed by atoms with van der Waals surface area (Å²) in [5, 5.41) is 3.28. The maximum Gasteiger partial charge on any atom is 0.472 e. The second-order valence-electron chi connectivity index (χ2n) is 14.9. The number of rotatable bonds is 27. The largest absolute Gasteiger partial charge is 0.472 e. The maximum absolute atomic E-state index is 13.3. The van der Waals surface area contributed by atoms with E-state index in [0.717, 1.165) is 18.1 Å². The number of carbonyl (C=O) groups is 4. The topological polar surface area (TPSA) is 161 Å². The lowest BCUT2D eigenvalue weighted by Crippen LogP contribution is -2.39. The molecule has 2 amide bonds. The molecule has 0 bridgehead atoms. The molecule has 5 atom stereocenters. The molecule has 2 rings (SSSR count). The first-order valence-corrected chi connectivity index (χ1v) is 23.0. The summed E-state index contributed by atoms with van der Waals surface area (Å²) in [7, 11) is -1.28. The van der Waals surface area contributed by atoms with Gasteiger partial charge in [0.25, 0.3) is 0 Å². The van der Waals surface area contributed by atoms with Crippen LogP contribution >= 0.6 is 29.4 Å². The van der Waals surface area contributed by atoms with Gasteiger partial charge in [0.1, 0.15) is 11.6 Å². The van der Waals surface area contributed by atoms with E-state index in [4.69, 9.17) is 18.5 Å². The monoisotopic (exact) mass is 795 g/mol. The van der Waals surface area contributed by atoms with Crippen LogP contribution in [-0.4, -0.2) is 125 Å². The Morgan fingerprint density at radius 2 is 1.38 bits per heavy atom. The molecule has 2 fully saturated rings. The van der Waals surface area contributed by atoms with Crippen molar-refractivity contribution in [1.82, 2.24) is 15.1 Å². The van der Waals surface area contributed by atoms with Gasteiger partial charge in [0.15, 0.2) is 0 Å². The first-order valence-electron chi connectivity index (χ1n) is 19.0. The highest BCUT2D eigenvalue weighted by atomic mass is 33.1. The predicted molar refractivity (Wildman–Crippen MR) is 207 cm³/mol. The van der Waals surface area contributed by atoms with Crippen molar-refractivity contribution in [1.29, 1.82) is 0 Å². The van der Waals surface area contributed by atoms with Gasteiger partial charge in [-0.15, -0.1) is 0 Å². The first-order chi connectivity index (χ1) is 24.5. The Kier molecular flexibility index (Phi) is 22.2. The summed E-state index contributed by atoms with van der Waals surface area (Å²) in [6, 6.07) is -0.486. The van der Waals surface area contributed by atoms with E-state index in [1.54, 1.807) is 31.4 Å². The number of nitrogens with zero attached hydrogens (tertiary/aromatic N) is 2. The van der Waals surface area contributed by atoms with Gasteiger partial charge in [-0.1, -0.05) is 49.3 Å². The van der Waals surface area contributed by atoms with Crippen LogP contribution in [0.3, 0.4) is 0 Å². The van der Waals surface area contributed by atoms with E-state index in [0.29, 0.717) is 57.5 Å². The summed E-state index contributed by atoms with van der Waals surface area (Å²) >= 11 is 0. The van der Waals surface area contributed by atoms with Crippen LogP contribution in [0.2, 0.25) is 0 Å². The molecule has 2 N–H and O–H groups in total. The van der Waals surface area contributed by atoms with E-state index in [-0.39, 0.29) is 86.3 Å². The smallest absolute Gasteiger partial charge is 0.377 e. The van der Waals surface area contributed by atoms with E-state index < -0.39 is 20.0 Å². The van der Waals surface area contributed by atoms with Crippen LogP contribution in [0.4, 0.5) is 0 Å². The molecule has 2 aliphatic rings. The second-order valence-corrected chi connectivity index (χ2v) is 19.0. The molecule has 0 aromatic heterocycles. The quantitative estimate of drug-likeness (QED) is 0.0583. The van der Waals surface area contributed by atoms with Crippen molar-refractivity contribution in [2.45, 2.75) is 156 Å². The fourth-order valence-corrected chi connectivity index (χ4v) is 9.15. The normalized spacial score (nSPS) is 21.9. The number of likely N-dealkylation sites (tertiary alicyclic amines) is 2. The van der Waals surface area contributed by atoms with Crippen LogP contribution < -0.4 is 5.32 Å². The number of phosphoric acid groups is 1. The van der Waals surface area contributed by atoms with Gasteiger partial charge >= 0.3 is 7.82 Å². The number of nitrogens with one attached hydrogen (secondary N) is 1. The maximum atomic E-state index is 13.3. The molecule has 2 heterocycles. The lowest BCUT2D eigenvalue weighted by atomic mass is 10.1. The Morgan fingerprint density at radius 1 is 0.769 bits per heavy atom. The van der Waals surface area contributed by atoms with E-state index in [1.165, 1.54) is 0 Å². The van der Waals surface area contributed by atoms with Crippen LogP contribution in [0.15, 0.2) is 0 Å². The second kappa shape index (κ2) is 24.5. The molecular formula is C36H66N3O10PS2. The van der Waals surface area contributed by atoms with Crippen molar-refractivity contribution in [2.75, 3.05) is 44.4 Å². The first kappa shape index (κ1) is 47.1. The third-order valence-corrected chi connectivity index (χ3v) is 12.3. The summed E-state index contributed by atoms with van der Waals surface area (Å²) in [4.78, 5) is 64.9. The molecule has 0 radical (unpaired) electrons. The summed E-state index contributed by atoms with van der Waals surface area (Å²) in [5.74, 6) is 1.55. The fourth-order valence-electron chi connectivity index (χ4n) is 6.10. The Balaban J connectivity index is 1.91. The van der Waals surface area contributed by atoms with Crippen LogP contribution in [0, 0.1) is 5.92 Å². The highest BCUT2D eigenvalue weighted by molar-refractivity contribution is 8.76. The zero-order valence-electron chi connectivity index (χ0n) is 32.7. The van der Waals surface area contributed by atoms with Crippen LogP contribution in [0.25, 0.3) is 0 Å². The van der Waals surface area contributed by atoms with Crippen molar-refractivity contribution >= 4 is 52.8 Å². The zero-order valence-corrected chi connectivity index (χ0v) is 35.2. The molecule has 2 aliphatic heterocycles. The van der Waals surface area contributed by atoms with E-state index in [9.17, 15) is 28.6 Å². The Hall–Kier alpha value is -1.03. The number of Topliss-reactive ketones (excluding diaryl/α,β-unsaturated/α-hetero) is 2. The minimum absolute atomic E-state index is 0.0273. The average Bonchev–Trinajstić information content (AvgIpc) is 3.65. The van der Waals surface area contributed by atoms with Crippen molar-refractivity contribution in [3.63, 3.8) is 0 Å². The molecule has 16 heteroatoms. The summed E-state index contributed by atoms with van der Waals surface area (Å²) in [6.45, 7) is 16.8. The molecule has 0 aromatic carbocycles. The summed E-state index contributed by atoms with van der Waals surface area (Å²) in [5.41, 5.74) is 0. The van der Waals surface area contributed by atoms with Crippen LogP contribution in [0.1, 0.15) is 113 Å². The zero-order chi connectivity index (χ0) is 38.8. The van der Waals surface area contributed by atoms with Gasteiger partial charge in [-0.2, -0.15) is 0 Å². The standard InChI is InChI=1S/C36H66N3O10PS2/c1-25(2)34(41)15-18-52-51-17-10-12-35(42)39-22-33(20-29(39)23-46-27(5)6)49-50(44,45)47-24-30-19-32(48-28(7)8)21-38(30)36(43)14-13-31(40)11-9-16-37-26(3)4/h25-30,32-33,37H,9-24H2,1-8H3,(H,44,45)/t29-,30-,32+,33+/m0/s1. The highest BCUT2D eigenvalue weighted by Crippen LogP contribution is 2.47. The molecule has 0 aliphatic carbocycles. The minimum atomic E-state index is -4.57. The van der Waals surface area contributed by atoms with Crippen molar-refractivity contribution < 1.29 is 47.2 Å². The molecule has 2 saturated heterocycles. The number of phosphoric ester groups is 1. The summed E-state index contributed by atoms with van der Waals surface area (Å²) in [6.07, 6.45) is 2.46. The van der Waals surface area contributed by atoms with Gasteiger partial charge in [-0.25, -0.2) is 4.57 Å². The molecule has 302 valence electrons. The summed E-state index contributed by atoms with van der Waals surface area (Å²) < 4.78 is 36.2. The molecule has 0 spiro atoms. The van der Waals surface area contributed by atoms with Gasteiger partial charge in [-0.05, 0) is 59.9 Å². The molecule has 1 unspecified atom stereocenters. The molecule has 13 nitrogen and oxygen atoms in total. The fraction of sp³-hybridized carbons (Fsp3) is 0.889. The lowest BCUT2D eigenvalue weighted by Gasteiger charge is -2.26. The van der Waals surface area contributed by atoms with E-state index in [1.807, 2.05) is 55.4 Å². The van der Waals surface area contributed by atoms with Gasteiger partial charge in [0.2, 0.25) is 11.8 Å². The average molecular weight is 796 g/mol. The van der Waals surface area contributed by atoms with Crippen molar-refractivity contribution in [2.24, 2.45) is 5.92 Å². The third kappa shape index (κ3) is 19.0. The third-order valence-electron chi connectivity index (χ3n) is 8.77. The lowest BCUT2D eigenvalue weighted by molar-refractivity contribution is -0.135. The molecular weight excluding hydrogens is 730 g/mol. The van der Waals surface area contributed by atoms with E-state index >= 15 is 0 Å². The number of hydrogen-bond acceptors (Lipinski definition) is 12. The number of carbonyl (C=O) groups excluding carboxylic acids is 4. The van der Waals surface area contributed by atoms with Gasteiger partial charge in [0, 0.05) is 68.7 Å². The van der Waals surface area contributed by atoms with E-state index in [2.05, 4.69) is 5.32 Å². The van der Waals surface area contributed by atoms with Crippen LogP contribution in [0.5, 0.6) is 0 Å². The van der Waals surface area contributed by atoms with Gasteiger partial charge in [-0.3, -0.25) is 28.2 Å². The highest BCUT2D eigenvalue weighted by Gasteiger charge is 2.42. The number of ketones is 2. The van der Waals surface area contributed by atoms with Crippen LogP contribution in [-0.2, 0) is 42.3 Å². The van der Waals surface area contributed by atoms with Crippen molar-refractivity contribution in [3.8, 4) is 0 Å². The number of ether oxygens (including phenoxy) is 2. The Bertz CT molecular complexity index is 1160. The molecule has 52 heavy (non-hydrogen) atoms. The van der Waals surface area contributed by atoms with Gasteiger partial charge < -0.3 is 29.5 Å². The predicted octanol–water partition coefficient (Wildman–Crippen LogP) is 5.81. The number of hydrogen-bond donors (Lipinski definition) is 2. The Morgan fingerprint density at radius 3 is 2.02 bits per heavy atom. The van der Waals surface area contributed by atoms with Crippen molar-refractivity contribution in [3.05, 3.63) is 0 Å². The number of amides is 2. The Labute approximate surface area is 320 Å².